The van der Waals surface area contributed by atoms with Crippen molar-refractivity contribution >= 4 is 17.4 Å². The number of nitrogens with zero attached hydrogens (tertiary/aromatic N) is 1. The smallest absolute Gasteiger partial charge is 0.173 e. The zero-order chi connectivity index (χ0) is 12.1. The lowest BCUT2D eigenvalue weighted by molar-refractivity contribution is 0.270. The first kappa shape index (κ1) is 12.6. The van der Waals surface area contributed by atoms with E-state index in [1.165, 1.54) is 0 Å². The first-order valence-electron chi connectivity index (χ1n) is 4.95. The molecule has 0 heterocycles. The maximum atomic E-state index is 8.63. The van der Waals surface area contributed by atoms with Crippen LogP contribution in [0.5, 0.6) is 5.75 Å². The minimum Gasteiger partial charge on any atom is -0.493 e. The summed E-state index contributed by atoms with van der Waals surface area (Å²) >= 11 is 5.86. The normalized spacial score (nSPS) is 11.9. The van der Waals surface area contributed by atoms with Gasteiger partial charge in [-0.1, -0.05) is 30.6 Å². The van der Waals surface area contributed by atoms with E-state index in [-0.39, 0.29) is 5.84 Å². The Balaban J connectivity index is 2.99. The Bertz CT molecular complexity index is 392. The van der Waals surface area contributed by atoms with Gasteiger partial charge < -0.3 is 15.7 Å². The monoisotopic (exact) mass is 242 g/mol. The summed E-state index contributed by atoms with van der Waals surface area (Å²) in [5.41, 5.74) is 6.06. The molecular weight excluding hydrogens is 228 g/mol. The molecule has 1 aromatic carbocycles. The largest absolute Gasteiger partial charge is 0.493 e. The van der Waals surface area contributed by atoms with E-state index < -0.39 is 0 Å². The van der Waals surface area contributed by atoms with Crippen molar-refractivity contribution < 1.29 is 9.94 Å². The van der Waals surface area contributed by atoms with Crippen LogP contribution in [-0.4, -0.2) is 17.6 Å². The van der Waals surface area contributed by atoms with Gasteiger partial charge >= 0.3 is 0 Å². The van der Waals surface area contributed by atoms with E-state index in [0.717, 1.165) is 0 Å². The molecule has 0 amide bonds. The van der Waals surface area contributed by atoms with Gasteiger partial charge in [0, 0.05) is 5.02 Å². The molecular formula is C11H15ClN2O2. The fraction of sp³-hybridized carbons (Fsp3) is 0.364. The second-order valence-electron chi connectivity index (χ2n) is 3.83. The van der Waals surface area contributed by atoms with Crippen molar-refractivity contribution in [1.29, 1.82) is 0 Å². The molecule has 0 radical (unpaired) electrons. The van der Waals surface area contributed by atoms with Gasteiger partial charge in [0.25, 0.3) is 0 Å². The van der Waals surface area contributed by atoms with Crippen molar-refractivity contribution in [1.82, 2.24) is 0 Å². The summed E-state index contributed by atoms with van der Waals surface area (Å²) in [6, 6.07) is 4.97. The van der Waals surface area contributed by atoms with Gasteiger partial charge in [0.2, 0.25) is 0 Å². The van der Waals surface area contributed by atoms with Gasteiger partial charge in [-0.25, -0.2) is 0 Å². The van der Waals surface area contributed by atoms with Gasteiger partial charge in [0.1, 0.15) is 5.75 Å². The topological polar surface area (TPSA) is 67.8 Å². The van der Waals surface area contributed by atoms with Crippen molar-refractivity contribution in [3.8, 4) is 5.75 Å². The van der Waals surface area contributed by atoms with Crippen LogP contribution in [0, 0.1) is 5.92 Å². The lowest BCUT2D eigenvalue weighted by Crippen LogP contribution is -2.16. The van der Waals surface area contributed by atoms with E-state index >= 15 is 0 Å². The van der Waals surface area contributed by atoms with Crippen LogP contribution in [0.25, 0.3) is 0 Å². The number of hydrogen-bond donors (Lipinski definition) is 2. The van der Waals surface area contributed by atoms with Crippen LogP contribution >= 0.6 is 11.6 Å². The summed E-state index contributed by atoms with van der Waals surface area (Å²) in [5.74, 6) is 0.922. The quantitative estimate of drug-likeness (QED) is 0.369. The standard InChI is InChI=1S/C11H15ClN2O2/c1-7(2)6-16-10-5-8(12)3-4-9(10)11(13)14-15/h3-5,7,15H,6H2,1-2H3,(H2,13,14). The average molecular weight is 243 g/mol. The highest BCUT2D eigenvalue weighted by atomic mass is 35.5. The minimum absolute atomic E-state index is 0.00965. The fourth-order valence-electron chi connectivity index (χ4n) is 1.14. The zero-order valence-electron chi connectivity index (χ0n) is 9.27. The van der Waals surface area contributed by atoms with Crippen molar-refractivity contribution in [2.45, 2.75) is 13.8 Å². The van der Waals surface area contributed by atoms with Crippen LogP contribution in [0.2, 0.25) is 5.02 Å². The number of halogens is 1. The molecule has 0 aliphatic carbocycles. The SMILES string of the molecule is CC(C)COc1cc(Cl)ccc1C(N)=NO. The van der Waals surface area contributed by atoms with Crippen molar-refractivity contribution in [3.63, 3.8) is 0 Å². The highest BCUT2D eigenvalue weighted by Gasteiger charge is 2.09. The van der Waals surface area contributed by atoms with E-state index in [2.05, 4.69) is 5.16 Å². The third-order valence-electron chi connectivity index (χ3n) is 1.90. The molecule has 0 saturated heterocycles. The predicted molar refractivity (Wildman–Crippen MR) is 64.3 cm³/mol. The zero-order valence-corrected chi connectivity index (χ0v) is 10.0. The van der Waals surface area contributed by atoms with E-state index in [1.54, 1.807) is 18.2 Å². The molecule has 0 spiro atoms. The van der Waals surface area contributed by atoms with Crippen LogP contribution < -0.4 is 10.5 Å². The van der Waals surface area contributed by atoms with Crippen molar-refractivity contribution in [3.05, 3.63) is 28.8 Å². The Morgan fingerprint density at radius 2 is 2.25 bits per heavy atom. The van der Waals surface area contributed by atoms with Gasteiger partial charge in [0.05, 0.1) is 12.2 Å². The summed E-state index contributed by atoms with van der Waals surface area (Å²) in [7, 11) is 0. The number of hydrogen-bond acceptors (Lipinski definition) is 3. The van der Waals surface area contributed by atoms with Gasteiger partial charge in [-0.3, -0.25) is 0 Å². The molecule has 3 N–H and O–H groups in total. The number of amidine groups is 1. The van der Waals surface area contributed by atoms with Gasteiger partial charge in [-0.2, -0.15) is 0 Å². The van der Waals surface area contributed by atoms with Gasteiger partial charge in [-0.05, 0) is 24.1 Å². The summed E-state index contributed by atoms with van der Waals surface area (Å²) in [6.45, 7) is 4.62. The first-order valence-corrected chi connectivity index (χ1v) is 5.32. The number of rotatable bonds is 4. The van der Waals surface area contributed by atoms with Crippen LogP contribution in [0.3, 0.4) is 0 Å². The molecule has 0 bridgehead atoms. The predicted octanol–water partition coefficient (Wildman–Crippen LogP) is 2.47. The lowest BCUT2D eigenvalue weighted by Gasteiger charge is -2.12. The molecule has 0 aliphatic rings. The molecule has 1 rings (SSSR count). The maximum Gasteiger partial charge on any atom is 0.173 e. The van der Waals surface area contributed by atoms with Crippen LogP contribution in [0.1, 0.15) is 19.4 Å². The molecule has 4 nitrogen and oxygen atoms in total. The molecule has 1 aromatic rings. The molecule has 16 heavy (non-hydrogen) atoms. The molecule has 0 aliphatic heterocycles. The highest BCUT2D eigenvalue weighted by molar-refractivity contribution is 6.30. The molecule has 0 aromatic heterocycles. The number of benzene rings is 1. The molecule has 5 heteroatoms. The number of oxime groups is 1. The summed E-state index contributed by atoms with van der Waals surface area (Å²) in [4.78, 5) is 0. The van der Waals surface area contributed by atoms with Crippen molar-refractivity contribution in [2.75, 3.05) is 6.61 Å². The van der Waals surface area contributed by atoms with Crippen LogP contribution in [0.15, 0.2) is 23.4 Å². The van der Waals surface area contributed by atoms with Crippen LogP contribution in [0.4, 0.5) is 0 Å². The molecule has 0 unspecified atom stereocenters. The lowest BCUT2D eigenvalue weighted by atomic mass is 10.2. The second kappa shape index (κ2) is 5.61. The second-order valence-corrected chi connectivity index (χ2v) is 4.27. The Hall–Kier alpha value is -1.42. The molecule has 0 atom stereocenters. The average Bonchev–Trinajstić information content (AvgIpc) is 2.25. The Kier molecular flexibility index (Phi) is 4.43. The minimum atomic E-state index is 0.00965. The highest BCUT2D eigenvalue weighted by Crippen LogP contribution is 2.23. The van der Waals surface area contributed by atoms with E-state index in [0.29, 0.717) is 28.9 Å². The third kappa shape index (κ3) is 3.31. The summed E-state index contributed by atoms with van der Waals surface area (Å²) < 4.78 is 5.55. The Morgan fingerprint density at radius 1 is 1.56 bits per heavy atom. The first-order chi connectivity index (χ1) is 7.54. The van der Waals surface area contributed by atoms with E-state index in [9.17, 15) is 0 Å². The maximum absolute atomic E-state index is 8.63. The fourth-order valence-corrected chi connectivity index (χ4v) is 1.30. The van der Waals surface area contributed by atoms with E-state index in [1.807, 2.05) is 13.8 Å². The van der Waals surface area contributed by atoms with Gasteiger partial charge in [-0.15, -0.1) is 0 Å². The molecule has 88 valence electrons. The Morgan fingerprint density at radius 3 is 2.81 bits per heavy atom. The number of ether oxygens (including phenoxy) is 1. The van der Waals surface area contributed by atoms with Gasteiger partial charge in [0.15, 0.2) is 5.84 Å². The molecule has 0 saturated carbocycles. The third-order valence-corrected chi connectivity index (χ3v) is 2.13. The van der Waals surface area contributed by atoms with E-state index in [4.69, 9.17) is 27.3 Å². The summed E-state index contributed by atoms with van der Waals surface area (Å²) in [6.07, 6.45) is 0. The summed E-state index contributed by atoms with van der Waals surface area (Å²) in [5, 5.41) is 12.1. The molecule has 0 fully saturated rings. The Labute approximate surface area is 99.7 Å². The van der Waals surface area contributed by atoms with Crippen LogP contribution in [-0.2, 0) is 0 Å². The number of nitrogens with two attached hydrogens (primary N) is 1. The van der Waals surface area contributed by atoms with Crippen molar-refractivity contribution in [2.24, 2.45) is 16.8 Å².